The standard InChI is InChI=1S/C26H25ClN2O3/c1-26(25(31)28-16-18-7-11-21(27)12-8-18)15-20-5-3-4-6-23(20)24(30)29(26)17-19-9-13-22(32-2)14-10-19/h3-14H,15-17H2,1-2H3,(H,28,31)/t26-/m0/s1. The second-order valence-corrected chi connectivity index (χ2v) is 8.59. The molecule has 32 heavy (non-hydrogen) atoms. The Labute approximate surface area is 193 Å². The van der Waals surface area contributed by atoms with Gasteiger partial charge in [0.05, 0.1) is 7.11 Å². The molecule has 164 valence electrons. The fourth-order valence-corrected chi connectivity index (χ4v) is 4.18. The summed E-state index contributed by atoms with van der Waals surface area (Å²) in [6.07, 6.45) is 0.442. The van der Waals surface area contributed by atoms with Crippen molar-refractivity contribution in [2.24, 2.45) is 0 Å². The lowest BCUT2D eigenvalue weighted by Gasteiger charge is -2.44. The quantitative estimate of drug-likeness (QED) is 0.598. The average molecular weight is 449 g/mol. The van der Waals surface area contributed by atoms with Crippen LogP contribution < -0.4 is 10.1 Å². The SMILES string of the molecule is COc1ccc(CN2C(=O)c3ccccc3C[C@@]2(C)C(=O)NCc2ccc(Cl)cc2)cc1. The number of hydrogen-bond acceptors (Lipinski definition) is 3. The van der Waals surface area contributed by atoms with E-state index < -0.39 is 5.54 Å². The van der Waals surface area contributed by atoms with Crippen LogP contribution in [0.3, 0.4) is 0 Å². The molecule has 1 heterocycles. The minimum atomic E-state index is -1.03. The van der Waals surface area contributed by atoms with Crippen LogP contribution in [0.2, 0.25) is 5.02 Å². The maximum Gasteiger partial charge on any atom is 0.255 e. The third-order valence-corrected chi connectivity index (χ3v) is 6.23. The number of ether oxygens (including phenoxy) is 1. The second kappa shape index (κ2) is 9.05. The van der Waals surface area contributed by atoms with E-state index in [-0.39, 0.29) is 11.8 Å². The molecule has 2 amide bonds. The van der Waals surface area contributed by atoms with E-state index in [1.165, 1.54) is 0 Å². The predicted octanol–water partition coefficient (Wildman–Crippen LogP) is 4.62. The first kappa shape index (κ1) is 21.9. The van der Waals surface area contributed by atoms with E-state index in [4.69, 9.17) is 16.3 Å². The van der Waals surface area contributed by atoms with E-state index >= 15 is 0 Å². The molecule has 3 aromatic rings. The molecule has 1 aliphatic rings. The van der Waals surface area contributed by atoms with Crippen LogP contribution in [0.15, 0.2) is 72.8 Å². The van der Waals surface area contributed by atoms with Gasteiger partial charge in [0, 0.05) is 30.1 Å². The lowest BCUT2D eigenvalue weighted by atomic mass is 9.82. The molecule has 1 atom stereocenters. The third kappa shape index (κ3) is 4.34. The highest BCUT2D eigenvalue weighted by atomic mass is 35.5. The molecule has 0 fully saturated rings. The Kier molecular flexibility index (Phi) is 6.19. The summed E-state index contributed by atoms with van der Waals surface area (Å²) < 4.78 is 5.23. The summed E-state index contributed by atoms with van der Waals surface area (Å²) >= 11 is 5.96. The minimum absolute atomic E-state index is 0.146. The number of hydrogen-bond donors (Lipinski definition) is 1. The zero-order valence-corrected chi connectivity index (χ0v) is 18.9. The van der Waals surface area contributed by atoms with E-state index in [0.717, 1.165) is 22.4 Å². The number of nitrogens with zero attached hydrogens (tertiary/aromatic N) is 1. The van der Waals surface area contributed by atoms with Crippen molar-refractivity contribution in [3.8, 4) is 5.75 Å². The van der Waals surface area contributed by atoms with E-state index in [2.05, 4.69) is 5.32 Å². The molecule has 0 saturated heterocycles. The van der Waals surface area contributed by atoms with Crippen LogP contribution in [-0.4, -0.2) is 29.4 Å². The number of amides is 2. The van der Waals surface area contributed by atoms with E-state index in [1.807, 2.05) is 67.6 Å². The van der Waals surface area contributed by atoms with Gasteiger partial charge in [0.25, 0.3) is 5.91 Å². The van der Waals surface area contributed by atoms with Crippen molar-refractivity contribution in [2.75, 3.05) is 7.11 Å². The van der Waals surface area contributed by atoms with Gasteiger partial charge in [-0.2, -0.15) is 0 Å². The summed E-state index contributed by atoms with van der Waals surface area (Å²) in [7, 11) is 1.61. The van der Waals surface area contributed by atoms with Gasteiger partial charge in [-0.15, -0.1) is 0 Å². The first-order valence-corrected chi connectivity index (χ1v) is 10.8. The van der Waals surface area contributed by atoms with Crippen molar-refractivity contribution in [1.29, 1.82) is 0 Å². The minimum Gasteiger partial charge on any atom is -0.497 e. The summed E-state index contributed by atoms with van der Waals surface area (Å²) in [5.74, 6) is 0.406. The number of rotatable bonds is 6. The Hall–Kier alpha value is -3.31. The first-order chi connectivity index (χ1) is 15.4. The molecule has 0 aliphatic carbocycles. The van der Waals surface area contributed by atoms with Crippen molar-refractivity contribution >= 4 is 23.4 Å². The molecule has 5 nitrogen and oxygen atoms in total. The average Bonchev–Trinajstić information content (AvgIpc) is 2.81. The molecule has 3 aromatic carbocycles. The molecular weight excluding hydrogens is 424 g/mol. The number of methoxy groups -OCH3 is 1. The summed E-state index contributed by atoms with van der Waals surface area (Å²) in [5, 5.41) is 3.66. The Bertz CT molecular complexity index is 1130. The van der Waals surface area contributed by atoms with Gasteiger partial charge in [-0.1, -0.05) is 54.1 Å². The summed E-state index contributed by atoms with van der Waals surface area (Å²) in [4.78, 5) is 28.6. The smallest absolute Gasteiger partial charge is 0.255 e. The normalized spacial score (nSPS) is 17.6. The van der Waals surface area contributed by atoms with Gasteiger partial charge in [0.2, 0.25) is 5.91 Å². The molecule has 4 rings (SSSR count). The molecule has 0 bridgehead atoms. The molecule has 0 saturated carbocycles. The largest absolute Gasteiger partial charge is 0.497 e. The van der Waals surface area contributed by atoms with Crippen molar-refractivity contribution < 1.29 is 14.3 Å². The van der Waals surface area contributed by atoms with Crippen LogP contribution in [0.5, 0.6) is 5.75 Å². The maximum atomic E-state index is 13.5. The van der Waals surface area contributed by atoms with Gasteiger partial charge in [0.1, 0.15) is 11.3 Å². The van der Waals surface area contributed by atoms with E-state index in [1.54, 1.807) is 24.1 Å². The fraction of sp³-hybridized carbons (Fsp3) is 0.231. The van der Waals surface area contributed by atoms with Crippen LogP contribution >= 0.6 is 11.6 Å². The summed E-state index contributed by atoms with van der Waals surface area (Å²) in [6, 6.07) is 22.4. The van der Waals surface area contributed by atoms with Crippen molar-refractivity contribution in [3.63, 3.8) is 0 Å². The van der Waals surface area contributed by atoms with Crippen molar-refractivity contribution in [1.82, 2.24) is 10.2 Å². The maximum absolute atomic E-state index is 13.5. The summed E-state index contributed by atoms with van der Waals surface area (Å²) in [5.41, 5.74) is 2.36. The van der Waals surface area contributed by atoms with Gasteiger partial charge in [-0.25, -0.2) is 0 Å². The van der Waals surface area contributed by atoms with Crippen molar-refractivity contribution in [2.45, 2.75) is 32.0 Å². The van der Waals surface area contributed by atoms with Gasteiger partial charge in [-0.3, -0.25) is 9.59 Å². The number of nitrogens with one attached hydrogen (secondary N) is 1. The Morgan fingerprint density at radius 2 is 1.69 bits per heavy atom. The molecule has 1 aliphatic heterocycles. The monoisotopic (exact) mass is 448 g/mol. The molecule has 0 radical (unpaired) electrons. The Balaban J connectivity index is 1.62. The van der Waals surface area contributed by atoms with Crippen LogP contribution in [-0.2, 0) is 24.3 Å². The predicted molar refractivity (Wildman–Crippen MR) is 125 cm³/mol. The number of halogens is 1. The number of fused-ring (bicyclic) bond motifs is 1. The van der Waals surface area contributed by atoms with Gasteiger partial charge < -0.3 is 15.0 Å². The second-order valence-electron chi connectivity index (χ2n) is 8.16. The van der Waals surface area contributed by atoms with Crippen LogP contribution in [0.25, 0.3) is 0 Å². The summed E-state index contributed by atoms with van der Waals surface area (Å²) in [6.45, 7) is 2.52. The number of carbonyl (C=O) groups is 2. The highest BCUT2D eigenvalue weighted by Crippen LogP contribution is 2.33. The van der Waals surface area contributed by atoms with Crippen LogP contribution in [0, 0.1) is 0 Å². The van der Waals surface area contributed by atoms with E-state index in [0.29, 0.717) is 30.1 Å². The first-order valence-electron chi connectivity index (χ1n) is 10.5. The van der Waals surface area contributed by atoms with Gasteiger partial charge >= 0.3 is 0 Å². The molecule has 0 spiro atoms. The van der Waals surface area contributed by atoms with Crippen LogP contribution in [0.4, 0.5) is 0 Å². The lowest BCUT2D eigenvalue weighted by Crippen LogP contribution is -2.62. The molecular formula is C26H25ClN2O3. The number of carbonyl (C=O) groups excluding carboxylic acids is 2. The van der Waals surface area contributed by atoms with Crippen LogP contribution in [0.1, 0.15) is 34.0 Å². The highest BCUT2D eigenvalue weighted by Gasteiger charge is 2.46. The molecule has 0 unspecified atom stereocenters. The lowest BCUT2D eigenvalue weighted by molar-refractivity contribution is -0.132. The van der Waals surface area contributed by atoms with Gasteiger partial charge in [-0.05, 0) is 53.9 Å². The third-order valence-electron chi connectivity index (χ3n) is 5.98. The molecule has 0 aromatic heterocycles. The highest BCUT2D eigenvalue weighted by molar-refractivity contribution is 6.30. The zero-order valence-electron chi connectivity index (χ0n) is 18.1. The van der Waals surface area contributed by atoms with Gasteiger partial charge in [0.15, 0.2) is 0 Å². The Morgan fingerprint density at radius 1 is 1.03 bits per heavy atom. The van der Waals surface area contributed by atoms with E-state index in [9.17, 15) is 9.59 Å². The fourth-order valence-electron chi connectivity index (χ4n) is 4.06. The zero-order chi connectivity index (χ0) is 22.7. The van der Waals surface area contributed by atoms with Crippen molar-refractivity contribution in [3.05, 3.63) is 100 Å². The number of benzene rings is 3. The molecule has 6 heteroatoms. The molecule has 1 N–H and O–H groups in total. The topological polar surface area (TPSA) is 58.6 Å². The Morgan fingerprint density at radius 3 is 2.38 bits per heavy atom.